The maximum Gasteiger partial charge on any atom is 0.416 e. The zero-order valence-electron chi connectivity index (χ0n) is 30.0. The molecule has 0 spiro atoms. The zero-order valence-corrected chi connectivity index (χ0v) is 31.5. The highest BCUT2D eigenvalue weighted by Crippen LogP contribution is 2.39. The molecule has 4 aromatic carbocycles. The summed E-state index contributed by atoms with van der Waals surface area (Å²) in [5.74, 6) is -2.50. The average Bonchev–Trinajstić information content (AvgIpc) is 3.15. The molecule has 0 atom stereocenters. The molecule has 0 bridgehead atoms. The number of carbonyl (C=O) groups excluding carboxylic acids is 2. The Kier molecular flexibility index (Phi) is 15.7. The van der Waals surface area contributed by atoms with Gasteiger partial charge in [0.25, 0.3) is 11.4 Å². The lowest BCUT2D eigenvalue weighted by Crippen LogP contribution is -2.09. The predicted octanol–water partition coefficient (Wildman–Crippen LogP) is 12.6. The van der Waals surface area contributed by atoms with Gasteiger partial charge in [-0.3, -0.25) is 20.2 Å². The van der Waals surface area contributed by atoms with Gasteiger partial charge in [0.05, 0.1) is 44.2 Å². The van der Waals surface area contributed by atoms with E-state index in [1.54, 1.807) is 0 Å². The van der Waals surface area contributed by atoms with Gasteiger partial charge in [0, 0.05) is 24.3 Å². The van der Waals surface area contributed by atoms with Gasteiger partial charge in [-0.1, -0.05) is 61.7 Å². The Morgan fingerprint density at radius 3 is 1.19 bits per heavy atom. The van der Waals surface area contributed by atoms with Crippen LogP contribution in [0.4, 0.5) is 37.7 Å². The van der Waals surface area contributed by atoms with Crippen molar-refractivity contribution < 1.29 is 64.7 Å². The van der Waals surface area contributed by atoms with E-state index in [-0.39, 0.29) is 46.3 Å². The Bertz CT molecular complexity index is 1980. The highest BCUT2D eigenvalue weighted by molar-refractivity contribution is 6.32. The molecule has 0 fully saturated rings. The monoisotopic (exact) mass is 860 g/mol. The summed E-state index contributed by atoms with van der Waals surface area (Å²) in [5, 5.41) is 22.3. The lowest BCUT2D eigenvalue weighted by molar-refractivity contribution is -0.385. The van der Waals surface area contributed by atoms with Crippen molar-refractivity contribution in [2.24, 2.45) is 0 Å². The van der Waals surface area contributed by atoms with E-state index in [4.69, 9.17) is 42.1 Å². The first kappa shape index (κ1) is 45.1. The lowest BCUT2D eigenvalue weighted by Gasteiger charge is -2.12. The molecule has 0 saturated carbocycles. The number of esters is 2. The summed E-state index contributed by atoms with van der Waals surface area (Å²) < 4.78 is 99.1. The number of nitrogens with zero attached hydrogens (tertiary/aromatic N) is 2. The quantitative estimate of drug-likeness (QED) is 0.0292. The van der Waals surface area contributed by atoms with E-state index in [0.717, 1.165) is 86.3 Å². The summed E-state index contributed by atoms with van der Waals surface area (Å²) in [5.41, 5.74) is -3.96. The second-order valence-electron chi connectivity index (χ2n) is 12.5. The van der Waals surface area contributed by atoms with Crippen LogP contribution in [0.3, 0.4) is 0 Å². The van der Waals surface area contributed by atoms with Crippen LogP contribution in [0.1, 0.15) is 83.2 Å². The van der Waals surface area contributed by atoms with E-state index in [9.17, 15) is 56.2 Å². The maximum absolute atomic E-state index is 12.9. The van der Waals surface area contributed by atoms with Crippen LogP contribution in [0.5, 0.6) is 23.0 Å². The van der Waals surface area contributed by atoms with Gasteiger partial charge in [-0.2, -0.15) is 26.3 Å². The standard InChI is InChI=1S/C38H32Cl2F6N2O10/c39-29-19-23(37(41,42)43)9-15-33(29)57-25-11-13-31(47(51)52)27(21-25)35(49)55-17-7-5-3-1-2-4-6-8-18-56-36(50)28-22-26(12-14-32(28)48(53)54)58-34-16-10-24(20-30(34)40)38(44,45)46/h9-16,19-22H,1-8,17-18H2. The van der Waals surface area contributed by atoms with E-state index in [2.05, 4.69) is 0 Å². The molecule has 12 nitrogen and oxygen atoms in total. The summed E-state index contributed by atoms with van der Waals surface area (Å²) in [6, 6.07) is 11.2. The third kappa shape index (κ3) is 13.0. The molecular weight excluding hydrogens is 829 g/mol. The summed E-state index contributed by atoms with van der Waals surface area (Å²) in [7, 11) is 0. The largest absolute Gasteiger partial charge is 0.462 e. The van der Waals surface area contributed by atoms with E-state index in [1.165, 1.54) is 0 Å². The average molecular weight is 862 g/mol. The first-order valence-corrected chi connectivity index (χ1v) is 18.1. The highest BCUT2D eigenvalue weighted by Gasteiger charge is 2.32. The smallest absolute Gasteiger partial charge is 0.416 e. The van der Waals surface area contributed by atoms with Crippen molar-refractivity contribution in [1.82, 2.24) is 0 Å². The van der Waals surface area contributed by atoms with E-state index < -0.39 is 67.8 Å². The van der Waals surface area contributed by atoms with Crippen molar-refractivity contribution in [3.8, 4) is 23.0 Å². The van der Waals surface area contributed by atoms with Crippen LogP contribution in [0.2, 0.25) is 10.0 Å². The lowest BCUT2D eigenvalue weighted by atomic mass is 10.1. The van der Waals surface area contributed by atoms with Gasteiger partial charge in [-0.15, -0.1) is 0 Å². The molecule has 0 aliphatic heterocycles. The van der Waals surface area contributed by atoms with Gasteiger partial charge < -0.3 is 18.9 Å². The van der Waals surface area contributed by atoms with Crippen molar-refractivity contribution in [3.05, 3.63) is 125 Å². The van der Waals surface area contributed by atoms with Gasteiger partial charge in [-0.25, -0.2) is 9.59 Å². The summed E-state index contributed by atoms with van der Waals surface area (Å²) in [6.45, 7) is -0.0691. The molecule has 0 heterocycles. The number of unbranched alkanes of at least 4 members (excludes halogenated alkanes) is 7. The molecular formula is C38H32Cl2F6N2O10. The van der Waals surface area contributed by atoms with Crippen LogP contribution in [0.25, 0.3) is 0 Å². The maximum atomic E-state index is 12.9. The second kappa shape index (κ2) is 20.2. The van der Waals surface area contributed by atoms with Crippen molar-refractivity contribution in [3.63, 3.8) is 0 Å². The molecule has 0 unspecified atom stereocenters. The van der Waals surface area contributed by atoms with Gasteiger partial charge >= 0.3 is 24.3 Å². The molecule has 4 rings (SSSR count). The van der Waals surface area contributed by atoms with Crippen LogP contribution in [0.15, 0.2) is 72.8 Å². The molecule has 0 radical (unpaired) electrons. The van der Waals surface area contributed by atoms with Crippen molar-refractivity contribution in [2.75, 3.05) is 13.2 Å². The van der Waals surface area contributed by atoms with E-state index >= 15 is 0 Å². The summed E-state index contributed by atoms with van der Waals surface area (Å²) in [4.78, 5) is 46.9. The number of halogens is 8. The molecule has 0 saturated heterocycles. The minimum Gasteiger partial charge on any atom is -0.462 e. The van der Waals surface area contributed by atoms with Gasteiger partial charge in [0.2, 0.25) is 0 Å². The minimum absolute atomic E-state index is 0.0346. The molecule has 0 aromatic heterocycles. The molecule has 0 aliphatic rings. The number of nitro benzene ring substituents is 2. The molecule has 310 valence electrons. The number of hydrogen-bond donors (Lipinski definition) is 0. The van der Waals surface area contributed by atoms with Crippen LogP contribution in [0, 0.1) is 20.2 Å². The fourth-order valence-electron chi connectivity index (χ4n) is 5.33. The van der Waals surface area contributed by atoms with E-state index in [1.807, 2.05) is 0 Å². The molecule has 0 amide bonds. The SMILES string of the molecule is O=C(OCCCCCCCCCCOC(=O)c1cc(Oc2ccc(C(F)(F)F)cc2Cl)ccc1[N+](=O)[O-])c1cc(Oc2ccc(C(F)(F)F)cc2Cl)ccc1[N+](=O)[O-]. The fraction of sp³-hybridized carbons (Fsp3) is 0.316. The van der Waals surface area contributed by atoms with Crippen molar-refractivity contribution in [2.45, 2.75) is 63.7 Å². The van der Waals surface area contributed by atoms with Crippen molar-refractivity contribution >= 4 is 46.5 Å². The summed E-state index contributed by atoms with van der Waals surface area (Å²) >= 11 is 11.8. The first-order valence-electron chi connectivity index (χ1n) is 17.4. The second-order valence-corrected chi connectivity index (χ2v) is 13.3. The fourth-order valence-corrected chi connectivity index (χ4v) is 5.76. The third-order valence-electron chi connectivity index (χ3n) is 8.25. The van der Waals surface area contributed by atoms with E-state index in [0.29, 0.717) is 37.8 Å². The number of benzene rings is 4. The Balaban J connectivity index is 1.15. The molecule has 0 N–H and O–H groups in total. The third-order valence-corrected chi connectivity index (χ3v) is 8.84. The zero-order chi connectivity index (χ0) is 42.6. The van der Waals surface area contributed by atoms with Crippen LogP contribution in [-0.2, 0) is 21.8 Å². The molecule has 20 heteroatoms. The van der Waals surface area contributed by atoms with Gasteiger partial charge in [0.15, 0.2) is 0 Å². The predicted molar refractivity (Wildman–Crippen MR) is 197 cm³/mol. The summed E-state index contributed by atoms with van der Waals surface area (Å²) in [6.07, 6.45) is -3.78. The normalized spacial score (nSPS) is 11.5. The van der Waals surface area contributed by atoms with Crippen LogP contribution < -0.4 is 9.47 Å². The topological polar surface area (TPSA) is 157 Å². The van der Waals surface area contributed by atoms with Gasteiger partial charge in [-0.05, 0) is 61.4 Å². The molecule has 58 heavy (non-hydrogen) atoms. The van der Waals surface area contributed by atoms with Gasteiger partial charge in [0.1, 0.15) is 34.1 Å². The number of ether oxygens (including phenoxy) is 4. The number of hydrogen-bond acceptors (Lipinski definition) is 10. The number of alkyl halides is 6. The highest BCUT2D eigenvalue weighted by atomic mass is 35.5. The number of nitro groups is 2. The molecule has 0 aliphatic carbocycles. The Labute approximate surface area is 335 Å². The Morgan fingerprint density at radius 1 is 0.534 bits per heavy atom. The minimum atomic E-state index is -4.63. The Hall–Kier alpha value is -5.62. The van der Waals surface area contributed by atoms with Crippen LogP contribution in [-0.4, -0.2) is 35.0 Å². The molecule has 4 aromatic rings. The Morgan fingerprint density at radius 2 is 0.879 bits per heavy atom. The number of carbonyl (C=O) groups is 2. The number of rotatable bonds is 19. The van der Waals surface area contributed by atoms with Crippen LogP contribution >= 0.6 is 23.2 Å². The first-order chi connectivity index (χ1) is 27.3. The van der Waals surface area contributed by atoms with Crippen molar-refractivity contribution in [1.29, 1.82) is 0 Å².